The van der Waals surface area contributed by atoms with Crippen molar-refractivity contribution in [3.05, 3.63) is 0 Å². The molecule has 2 aliphatic rings. The van der Waals surface area contributed by atoms with Gasteiger partial charge in [-0.2, -0.15) is 0 Å². The van der Waals surface area contributed by atoms with Crippen molar-refractivity contribution in [1.82, 2.24) is 0 Å². The van der Waals surface area contributed by atoms with E-state index in [-0.39, 0.29) is 12.8 Å². The molecule has 2 fully saturated rings. The third kappa shape index (κ3) is 0.929. The molecule has 1 aliphatic heterocycles. The summed E-state index contributed by atoms with van der Waals surface area (Å²) in [5.74, 6) is -0.793. The minimum atomic E-state index is -1.89. The van der Waals surface area contributed by atoms with E-state index in [9.17, 15) is 9.18 Å². The van der Waals surface area contributed by atoms with Crippen LogP contribution >= 0.6 is 0 Å². The lowest BCUT2D eigenvalue weighted by molar-refractivity contribution is -0.149. The molecule has 0 radical (unpaired) electrons. The zero-order valence-corrected chi connectivity index (χ0v) is 5.92. The molecule has 62 valence electrons. The number of fused-ring (bicyclic) bond motifs is 2. The highest BCUT2D eigenvalue weighted by atomic mass is 19.1. The van der Waals surface area contributed by atoms with Crippen molar-refractivity contribution in [2.45, 2.75) is 37.1 Å². The van der Waals surface area contributed by atoms with Gasteiger partial charge in [-0.15, -0.1) is 0 Å². The molecule has 1 saturated heterocycles. The first-order valence-electron chi connectivity index (χ1n) is 3.68. The van der Waals surface area contributed by atoms with Gasteiger partial charge >= 0.3 is 5.97 Å². The van der Waals surface area contributed by atoms with E-state index in [1.165, 1.54) is 0 Å². The summed E-state index contributed by atoms with van der Waals surface area (Å²) >= 11 is 0. The third-order valence-corrected chi connectivity index (χ3v) is 2.28. The molecule has 0 unspecified atom stereocenters. The number of alkyl halides is 1. The number of aliphatic hydroxyl groups excluding tert-OH is 1. The molecule has 0 aromatic heterocycles. The maximum atomic E-state index is 13.4. The van der Waals surface area contributed by atoms with Crippen LogP contribution in [0.4, 0.5) is 4.39 Å². The fourth-order valence-corrected chi connectivity index (χ4v) is 1.80. The predicted molar refractivity (Wildman–Crippen MR) is 33.6 cm³/mol. The lowest BCUT2D eigenvalue weighted by Crippen LogP contribution is -2.36. The second kappa shape index (κ2) is 1.94. The number of carbonyl (C=O) groups excluding carboxylic acids is 1. The van der Waals surface area contributed by atoms with E-state index in [1.54, 1.807) is 0 Å². The van der Waals surface area contributed by atoms with Crippen molar-refractivity contribution < 1.29 is 19.0 Å². The number of halogens is 1. The van der Waals surface area contributed by atoms with Crippen molar-refractivity contribution in [2.75, 3.05) is 0 Å². The standard InChI is InChI=1S/C7H9FO3/c8-7-2-4(9)1-5(3-7)11-6(7)10/h4-5,9H,1-3H2/t4-,5-,7-/m0/s1. The summed E-state index contributed by atoms with van der Waals surface area (Å²) in [6.07, 6.45) is -0.690. The van der Waals surface area contributed by atoms with Crippen LogP contribution in [0.5, 0.6) is 0 Å². The lowest BCUT2D eigenvalue weighted by Gasteiger charge is -2.23. The summed E-state index contributed by atoms with van der Waals surface area (Å²) in [5, 5.41) is 9.10. The van der Waals surface area contributed by atoms with Crippen LogP contribution in [-0.4, -0.2) is 29.0 Å². The number of aliphatic hydroxyl groups is 1. The Morgan fingerprint density at radius 3 is 3.00 bits per heavy atom. The van der Waals surface area contributed by atoms with Crippen LogP contribution in [0.3, 0.4) is 0 Å². The fourth-order valence-electron chi connectivity index (χ4n) is 1.80. The van der Waals surface area contributed by atoms with E-state index in [2.05, 4.69) is 4.74 Å². The van der Waals surface area contributed by atoms with Gasteiger partial charge in [0.25, 0.3) is 0 Å². The Kier molecular flexibility index (Phi) is 1.24. The molecule has 0 aromatic rings. The minimum Gasteiger partial charge on any atom is -0.460 e. The van der Waals surface area contributed by atoms with E-state index in [0.29, 0.717) is 6.42 Å². The molecular formula is C7H9FO3. The average Bonchev–Trinajstić information content (AvgIpc) is 2.02. The van der Waals surface area contributed by atoms with Crippen LogP contribution in [0.2, 0.25) is 0 Å². The van der Waals surface area contributed by atoms with E-state index < -0.39 is 23.8 Å². The third-order valence-electron chi connectivity index (χ3n) is 2.28. The Morgan fingerprint density at radius 2 is 2.36 bits per heavy atom. The van der Waals surface area contributed by atoms with Gasteiger partial charge in [-0.25, -0.2) is 9.18 Å². The minimum absolute atomic E-state index is 0.0949. The van der Waals surface area contributed by atoms with Crippen molar-refractivity contribution in [2.24, 2.45) is 0 Å². The second-order valence-corrected chi connectivity index (χ2v) is 3.29. The normalized spacial score (nSPS) is 49.1. The molecular weight excluding hydrogens is 151 g/mol. The van der Waals surface area contributed by atoms with Gasteiger partial charge in [0.05, 0.1) is 6.10 Å². The first-order chi connectivity index (χ1) is 5.10. The highest BCUT2D eigenvalue weighted by Crippen LogP contribution is 2.40. The summed E-state index contributed by atoms with van der Waals surface area (Å²) in [6, 6.07) is 0. The Hall–Kier alpha value is -0.640. The van der Waals surface area contributed by atoms with Gasteiger partial charge in [0, 0.05) is 19.3 Å². The van der Waals surface area contributed by atoms with Gasteiger partial charge in [0.2, 0.25) is 5.67 Å². The first-order valence-corrected chi connectivity index (χ1v) is 3.68. The van der Waals surface area contributed by atoms with Crippen molar-refractivity contribution in [1.29, 1.82) is 0 Å². The number of hydrogen-bond acceptors (Lipinski definition) is 3. The molecule has 4 heteroatoms. The quantitative estimate of drug-likeness (QED) is 0.513. The van der Waals surface area contributed by atoms with E-state index >= 15 is 0 Å². The average molecular weight is 160 g/mol. The van der Waals surface area contributed by atoms with Crippen LogP contribution in [0.25, 0.3) is 0 Å². The SMILES string of the molecule is O=C1O[C@H]2C[C@H](O)C[C@]1(F)C2. The molecule has 1 N–H and O–H groups in total. The molecule has 0 amide bonds. The maximum Gasteiger partial charge on any atom is 0.344 e. The monoisotopic (exact) mass is 160 g/mol. The van der Waals surface area contributed by atoms with Gasteiger partial charge in [-0.05, 0) is 0 Å². The number of hydrogen-bond donors (Lipinski definition) is 1. The second-order valence-electron chi connectivity index (χ2n) is 3.29. The van der Waals surface area contributed by atoms with E-state index in [1.807, 2.05) is 0 Å². The lowest BCUT2D eigenvalue weighted by atomic mass is 9.86. The fraction of sp³-hybridized carbons (Fsp3) is 0.857. The van der Waals surface area contributed by atoms with E-state index in [4.69, 9.17) is 5.11 Å². The molecule has 2 bridgehead atoms. The maximum absolute atomic E-state index is 13.4. The van der Waals surface area contributed by atoms with Crippen molar-refractivity contribution in [3.8, 4) is 0 Å². The van der Waals surface area contributed by atoms with Crippen molar-refractivity contribution >= 4 is 5.97 Å². The molecule has 1 heterocycles. The molecule has 2 rings (SSSR count). The Bertz CT molecular complexity index is 206. The van der Waals surface area contributed by atoms with Crippen LogP contribution < -0.4 is 0 Å². The highest BCUT2D eigenvalue weighted by molar-refractivity contribution is 5.82. The number of rotatable bonds is 0. The van der Waals surface area contributed by atoms with Crippen molar-refractivity contribution in [3.63, 3.8) is 0 Å². The van der Waals surface area contributed by atoms with Crippen LogP contribution in [0, 0.1) is 0 Å². The zero-order chi connectivity index (χ0) is 8.06. The number of ether oxygens (including phenoxy) is 1. The topological polar surface area (TPSA) is 46.5 Å². The largest absolute Gasteiger partial charge is 0.460 e. The summed E-state index contributed by atoms with van der Waals surface area (Å²) in [6.45, 7) is 0. The van der Waals surface area contributed by atoms with E-state index in [0.717, 1.165) is 0 Å². The Labute approximate surface area is 63.2 Å². The van der Waals surface area contributed by atoms with Gasteiger partial charge in [-0.1, -0.05) is 0 Å². The van der Waals surface area contributed by atoms with Gasteiger partial charge in [0.15, 0.2) is 0 Å². The Morgan fingerprint density at radius 1 is 1.64 bits per heavy atom. The number of esters is 1. The van der Waals surface area contributed by atoms with Crippen LogP contribution in [0.15, 0.2) is 0 Å². The zero-order valence-electron chi connectivity index (χ0n) is 5.92. The molecule has 0 aromatic carbocycles. The van der Waals surface area contributed by atoms with Crippen LogP contribution in [-0.2, 0) is 9.53 Å². The molecule has 0 spiro atoms. The van der Waals surface area contributed by atoms with Crippen LogP contribution in [0.1, 0.15) is 19.3 Å². The smallest absolute Gasteiger partial charge is 0.344 e. The predicted octanol–water partition coefficient (Wildman–Crippen LogP) is 0.165. The molecule has 1 saturated carbocycles. The highest BCUT2D eigenvalue weighted by Gasteiger charge is 2.54. The van der Waals surface area contributed by atoms with Gasteiger partial charge in [0.1, 0.15) is 6.10 Å². The summed E-state index contributed by atoms with van der Waals surface area (Å²) < 4.78 is 18.0. The molecule has 11 heavy (non-hydrogen) atoms. The summed E-state index contributed by atoms with van der Waals surface area (Å²) in [4.78, 5) is 10.8. The first kappa shape index (κ1) is 7.03. The van der Waals surface area contributed by atoms with Gasteiger partial charge < -0.3 is 9.84 Å². The molecule has 3 nitrogen and oxygen atoms in total. The number of carbonyl (C=O) groups is 1. The summed E-state index contributed by atoms with van der Waals surface area (Å²) in [7, 11) is 0. The van der Waals surface area contributed by atoms with Gasteiger partial charge in [-0.3, -0.25) is 0 Å². The molecule has 3 atom stereocenters. The Balaban J connectivity index is 2.25. The summed E-state index contributed by atoms with van der Waals surface area (Å²) in [5.41, 5.74) is -1.89. The molecule has 1 aliphatic carbocycles.